The van der Waals surface area contributed by atoms with Gasteiger partial charge in [-0.25, -0.2) is 9.36 Å². The molecule has 24 heavy (non-hydrogen) atoms. The van der Waals surface area contributed by atoms with Crippen LogP contribution in [0.3, 0.4) is 0 Å². The lowest BCUT2D eigenvalue weighted by Crippen LogP contribution is -2.29. The maximum atomic E-state index is 5.52. The first kappa shape index (κ1) is 17.0. The summed E-state index contributed by atoms with van der Waals surface area (Å²) in [5.74, 6) is 0. The molecule has 3 rings (SSSR count). The SMILES string of the molecule is CCN(CCc1ccccc1)Cn1nnn(Cc2cccs2)c1=S. The second-order valence-electron chi connectivity index (χ2n) is 5.59. The Morgan fingerprint density at radius 2 is 1.88 bits per heavy atom. The molecule has 0 saturated carbocycles. The summed E-state index contributed by atoms with van der Waals surface area (Å²) in [5.41, 5.74) is 1.35. The van der Waals surface area contributed by atoms with Gasteiger partial charge < -0.3 is 0 Å². The van der Waals surface area contributed by atoms with Crippen LogP contribution in [0.4, 0.5) is 0 Å². The number of hydrogen-bond acceptors (Lipinski definition) is 5. The highest BCUT2D eigenvalue weighted by Gasteiger charge is 2.09. The van der Waals surface area contributed by atoms with Gasteiger partial charge in [0.15, 0.2) is 0 Å². The van der Waals surface area contributed by atoms with Crippen molar-refractivity contribution in [3.05, 3.63) is 63.1 Å². The zero-order valence-corrected chi connectivity index (χ0v) is 15.3. The van der Waals surface area contributed by atoms with Crippen LogP contribution in [-0.2, 0) is 19.6 Å². The van der Waals surface area contributed by atoms with Crippen molar-refractivity contribution in [1.82, 2.24) is 24.7 Å². The number of thiophene rings is 1. The second kappa shape index (κ2) is 8.32. The van der Waals surface area contributed by atoms with Gasteiger partial charge >= 0.3 is 0 Å². The van der Waals surface area contributed by atoms with E-state index >= 15 is 0 Å². The van der Waals surface area contributed by atoms with Gasteiger partial charge in [-0.15, -0.1) is 11.3 Å². The Morgan fingerprint density at radius 1 is 1.08 bits per heavy atom. The Hall–Kier alpha value is -1.83. The third-order valence-corrected chi connectivity index (χ3v) is 5.21. The minimum absolute atomic E-state index is 0.668. The molecule has 0 spiro atoms. The molecule has 0 fully saturated rings. The minimum atomic E-state index is 0.668. The molecular weight excluding hydrogens is 338 g/mol. The minimum Gasteiger partial charge on any atom is -0.284 e. The number of nitrogens with zero attached hydrogens (tertiary/aromatic N) is 5. The predicted octanol–water partition coefficient (Wildman–Crippen LogP) is 3.44. The summed E-state index contributed by atoms with van der Waals surface area (Å²) in [5, 5.41) is 10.5. The van der Waals surface area contributed by atoms with Crippen molar-refractivity contribution in [2.75, 3.05) is 13.1 Å². The Morgan fingerprint density at radius 3 is 2.58 bits per heavy atom. The van der Waals surface area contributed by atoms with Crippen molar-refractivity contribution in [3.63, 3.8) is 0 Å². The van der Waals surface area contributed by atoms with Crippen LogP contribution < -0.4 is 0 Å². The summed E-state index contributed by atoms with van der Waals surface area (Å²) in [6.45, 7) is 5.44. The summed E-state index contributed by atoms with van der Waals surface area (Å²) in [6, 6.07) is 14.7. The first-order valence-corrected chi connectivity index (χ1v) is 9.34. The van der Waals surface area contributed by atoms with E-state index in [2.05, 4.69) is 58.0 Å². The monoisotopic (exact) mass is 359 g/mol. The van der Waals surface area contributed by atoms with E-state index in [1.165, 1.54) is 10.4 Å². The van der Waals surface area contributed by atoms with Gasteiger partial charge in [-0.05, 0) is 52.6 Å². The van der Waals surface area contributed by atoms with Crippen LogP contribution in [0.25, 0.3) is 0 Å². The van der Waals surface area contributed by atoms with Crippen molar-refractivity contribution in [2.45, 2.75) is 26.6 Å². The van der Waals surface area contributed by atoms with E-state index in [1.54, 1.807) is 20.7 Å². The molecule has 1 aromatic carbocycles. The molecule has 2 heterocycles. The average Bonchev–Trinajstić information content (AvgIpc) is 3.24. The van der Waals surface area contributed by atoms with Crippen molar-refractivity contribution in [3.8, 4) is 0 Å². The van der Waals surface area contributed by atoms with Crippen LogP contribution in [0.1, 0.15) is 17.4 Å². The highest BCUT2D eigenvalue weighted by atomic mass is 32.1. The van der Waals surface area contributed by atoms with Crippen molar-refractivity contribution in [1.29, 1.82) is 0 Å². The summed E-state index contributed by atoms with van der Waals surface area (Å²) < 4.78 is 4.26. The lowest BCUT2D eigenvalue weighted by Gasteiger charge is -2.19. The fourth-order valence-electron chi connectivity index (χ4n) is 2.49. The van der Waals surface area contributed by atoms with Crippen LogP contribution >= 0.6 is 23.6 Å². The first-order valence-electron chi connectivity index (χ1n) is 8.05. The maximum absolute atomic E-state index is 5.52. The molecule has 0 bridgehead atoms. The highest BCUT2D eigenvalue weighted by molar-refractivity contribution is 7.71. The molecule has 0 radical (unpaired) electrons. The van der Waals surface area contributed by atoms with Crippen LogP contribution in [-0.4, -0.2) is 37.8 Å². The number of likely N-dealkylation sites (N-methyl/N-ethyl adjacent to an activating group) is 1. The number of aromatic nitrogens is 4. The fourth-order valence-corrected chi connectivity index (χ4v) is 3.38. The molecule has 5 nitrogen and oxygen atoms in total. The molecule has 2 aromatic heterocycles. The topological polar surface area (TPSA) is 38.9 Å². The van der Waals surface area contributed by atoms with Gasteiger partial charge in [0, 0.05) is 11.4 Å². The Bertz CT molecular complexity index is 792. The van der Waals surface area contributed by atoms with E-state index in [9.17, 15) is 0 Å². The summed E-state index contributed by atoms with van der Waals surface area (Å²) >= 11 is 7.23. The van der Waals surface area contributed by atoms with E-state index < -0.39 is 0 Å². The van der Waals surface area contributed by atoms with Crippen molar-refractivity contribution >= 4 is 23.6 Å². The third kappa shape index (κ3) is 4.37. The van der Waals surface area contributed by atoms with E-state index in [4.69, 9.17) is 12.2 Å². The zero-order valence-electron chi connectivity index (χ0n) is 13.7. The van der Waals surface area contributed by atoms with Gasteiger partial charge in [0.05, 0.1) is 13.2 Å². The summed E-state index contributed by atoms with van der Waals surface area (Å²) in [6.07, 6.45) is 1.02. The molecule has 3 aromatic rings. The molecule has 0 aliphatic heterocycles. The molecule has 0 amide bonds. The first-order chi connectivity index (χ1) is 11.8. The predicted molar refractivity (Wildman–Crippen MR) is 99.7 cm³/mol. The largest absolute Gasteiger partial charge is 0.284 e. The molecule has 0 aliphatic carbocycles. The van der Waals surface area contributed by atoms with Gasteiger partial charge in [0.2, 0.25) is 4.77 Å². The highest BCUT2D eigenvalue weighted by Crippen LogP contribution is 2.10. The molecule has 126 valence electrons. The van der Waals surface area contributed by atoms with Crippen LogP contribution in [0.15, 0.2) is 47.8 Å². The normalized spacial score (nSPS) is 11.2. The molecule has 0 atom stereocenters. The van der Waals surface area contributed by atoms with Crippen molar-refractivity contribution in [2.24, 2.45) is 0 Å². The quantitative estimate of drug-likeness (QED) is 0.578. The van der Waals surface area contributed by atoms with Gasteiger partial charge in [-0.2, -0.15) is 0 Å². The van der Waals surface area contributed by atoms with E-state index in [0.717, 1.165) is 19.5 Å². The Kier molecular flexibility index (Phi) is 5.90. The zero-order chi connectivity index (χ0) is 16.8. The van der Waals surface area contributed by atoms with E-state index in [1.807, 2.05) is 12.1 Å². The molecule has 0 unspecified atom stereocenters. The second-order valence-corrected chi connectivity index (χ2v) is 6.98. The van der Waals surface area contributed by atoms with Gasteiger partial charge in [0.1, 0.15) is 0 Å². The number of hydrogen-bond donors (Lipinski definition) is 0. The van der Waals surface area contributed by atoms with E-state index in [-0.39, 0.29) is 0 Å². The smallest absolute Gasteiger partial charge is 0.217 e. The Balaban J connectivity index is 1.61. The van der Waals surface area contributed by atoms with Crippen molar-refractivity contribution < 1.29 is 0 Å². The molecular formula is C17H21N5S2. The number of rotatable bonds is 8. The molecule has 0 aliphatic rings. The van der Waals surface area contributed by atoms with Crippen LogP contribution in [0, 0.1) is 4.77 Å². The fraction of sp³-hybridized carbons (Fsp3) is 0.353. The Labute approximate surface area is 151 Å². The maximum Gasteiger partial charge on any atom is 0.217 e. The lowest BCUT2D eigenvalue weighted by molar-refractivity contribution is 0.216. The number of benzene rings is 1. The lowest BCUT2D eigenvalue weighted by atomic mass is 10.1. The van der Waals surface area contributed by atoms with Crippen LogP contribution in [0.5, 0.6) is 0 Å². The van der Waals surface area contributed by atoms with Crippen LogP contribution in [0.2, 0.25) is 0 Å². The standard InChI is InChI=1S/C17H21N5S2/c1-2-20(11-10-15-7-4-3-5-8-15)14-22-17(23)21(18-19-22)13-16-9-6-12-24-16/h3-9,12H,2,10-11,13-14H2,1H3. The average molecular weight is 360 g/mol. The van der Waals surface area contributed by atoms with Gasteiger partial charge in [-0.1, -0.05) is 43.3 Å². The van der Waals surface area contributed by atoms with Gasteiger partial charge in [0.25, 0.3) is 0 Å². The van der Waals surface area contributed by atoms with E-state index in [0.29, 0.717) is 18.0 Å². The summed E-state index contributed by atoms with van der Waals surface area (Å²) in [7, 11) is 0. The third-order valence-electron chi connectivity index (χ3n) is 3.92. The molecule has 0 N–H and O–H groups in total. The summed E-state index contributed by atoms with van der Waals surface area (Å²) in [4.78, 5) is 3.56. The molecule has 7 heteroatoms. The molecule has 0 saturated heterocycles. The number of tetrazole rings is 1. The van der Waals surface area contributed by atoms with Gasteiger partial charge in [-0.3, -0.25) is 4.90 Å².